The number of carbonyl (C=O) groups is 1. The number of nitrogens with zero attached hydrogens (tertiary/aromatic N) is 2. The van der Waals surface area contributed by atoms with E-state index in [0.29, 0.717) is 30.4 Å². The van der Waals surface area contributed by atoms with Crippen LogP contribution < -0.4 is 10.1 Å². The van der Waals surface area contributed by atoms with Crippen LogP contribution in [0.15, 0.2) is 29.6 Å². The number of thiazole rings is 1. The molecule has 2 fully saturated rings. The summed E-state index contributed by atoms with van der Waals surface area (Å²) in [6, 6.07) is 9.33. The lowest BCUT2D eigenvalue weighted by molar-refractivity contribution is 0.0676. The standard InChI is InChI=1S/C20H25N3O2S/c1-3-25-17-8-4-13(5-9-17)19-22-18(12-26-19)20(24)23(2)16-10-14-6-7-15(11-16)21-14/h4-5,8-9,12,14-16,21H,3,6-7,10-11H2,1-2H3. The zero-order valence-corrected chi connectivity index (χ0v) is 16.1. The molecule has 1 N–H and O–H groups in total. The number of benzene rings is 1. The van der Waals surface area contributed by atoms with Gasteiger partial charge in [0.25, 0.3) is 5.91 Å². The Morgan fingerprint density at radius 2 is 1.96 bits per heavy atom. The maximum Gasteiger partial charge on any atom is 0.273 e. The predicted molar refractivity (Wildman–Crippen MR) is 104 cm³/mol. The quantitative estimate of drug-likeness (QED) is 0.873. The maximum atomic E-state index is 12.9. The van der Waals surface area contributed by atoms with Crippen LogP contribution in [-0.4, -0.2) is 47.6 Å². The van der Waals surface area contributed by atoms with E-state index in [4.69, 9.17) is 4.74 Å². The van der Waals surface area contributed by atoms with Gasteiger partial charge in [-0.25, -0.2) is 4.98 Å². The number of fused-ring (bicyclic) bond motifs is 2. The first-order valence-electron chi connectivity index (χ1n) is 9.36. The van der Waals surface area contributed by atoms with Gasteiger partial charge in [-0.3, -0.25) is 4.79 Å². The molecular formula is C20H25N3O2S. The van der Waals surface area contributed by atoms with Crippen molar-refractivity contribution in [3.63, 3.8) is 0 Å². The summed E-state index contributed by atoms with van der Waals surface area (Å²) in [6.45, 7) is 2.62. The second-order valence-electron chi connectivity index (χ2n) is 7.17. The number of ether oxygens (including phenoxy) is 1. The Labute approximate surface area is 158 Å². The Hall–Kier alpha value is -1.92. The summed E-state index contributed by atoms with van der Waals surface area (Å²) in [6.07, 6.45) is 4.58. The summed E-state index contributed by atoms with van der Waals surface area (Å²) in [5.41, 5.74) is 1.56. The molecule has 2 aromatic rings. The summed E-state index contributed by atoms with van der Waals surface area (Å²) in [5, 5.41) is 6.38. The molecular weight excluding hydrogens is 346 g/mol. The van der Waals surface area contributed by atoms with Crippen LogP contribution in [0.5, 0.6) is 5.75 Å². The SMILES string of the molecule is CCOc1ccc(-c2nc(C(=O)N(C)C3CC4CCC(C3)N4)cs2)cc1. The number of hydrogen-bond donors (Lipinski definition) is 1. The molecule has 1 aromatic carbocycles. The second-order valence-corrected chi connectivity index (χ2v) is 8.03. The summed E-state index contributed by atoms with van der Waals surface area (Å²) in [7, 11) is 1.92. The predicted octanol–water partition coefficient (Wildman–Crippen LogP) is 3.56. The summed E-state index contributed by atoms with van der Waals surface area (Å²) in [5.74, 6) is 0.883. The van der Waals surface area contributed by atoms with Crippen LogP contribution in [0.2, 0.25) is 0 Å². The van der Waals surface area contributed by atoms with Gasteiger partial charge < -0.3 is 15.0 Å². The molecule has 0 spiro atoms. The van der Waals surface area contributed by atoms with Crippen LogP contribution in [0.4, 0.5) is 0 Å². The smallest absolute Gasteiger partial charge is 0.273 e. The fourth-order valence-electron chi connectivity index (χ4n) is 4.05. The fraction of sp³-hybridized carbons (Fsp3) is 0.500. The Bertz CT molecular complexity index is 762. The lowest BCUT2D eigenvalue weighted by atomic mass is 9.98. The molecule has 6 heteroatoms. The Morgan fingerprint density at radius 1 is 1.27 bits per heavy atom. The third-order valence-corrected chi connectivity index (χ3v) is 6.34. The van der Waals surface area contributed by atoms with Crippen LogP contribution >= 0.6 is 11.3 Å². The van der Waals surface area contributed by atoms with Crippen LogP contribution in [0.3, 0.4) is 0 Å². The van der Waals surface area contributed by atoms with Crippen molar-refractivity contribution in [1.82, 2.24) is 15.2 Å². The topological polar surface area (TPSA) is 54.5 Å². The van der Waals surface area contributed by atoms with Crippen molar-refractivity contribution < 1.29 is 9.53 Å². The monoisotopic (exact) mass is 371 g/mol. The molecule has 0 aliphatic carbocycles. The third kappa shape index (κ3) is 3.48. The van der Waals surface area contributed by atoms with Gasteiger partial charge in [0.2, 0.25) is 0 Å². The van der Waals surface area contributed by atoms with Crippen molar-refractivity contribution in [2.75, 3.05) is 13.7 Å². The van der Waals surface area contributed by atoms with Gasteiger partial charge in [-0.15, -0.1) is 11.3 Å². The lowest BCUT2D eigenvalue weighted by Crippen LogP contribution is -2.48. The van der Waals surface area contributed by atoms with Crippen molar-refractivity contribution in [2.24, 2.45) is 0 Å². The van der Waals surface area contributed by atoms with Gasteiger partial charge in [0.15, 0.2) is 0 Å². The van der Waals surface area contributed by atoms with E-state index in [9.17, 15) is 4.79 Å². The van der Waals surface area contributed by atoms with E-state index in [0.717, 1.165) is 29.2 Å². The molecule has 138 valence electrons. The molecule has 26 heavy (non-hydrogen) atoms. The Balaban J connectivity index is 1.45. The molecule has 2 aliphatic heterocycles. The maximum absolute atomic E-state index is 12.9. The molecule has 1 aromatic heterocycles. The van der Waals surface area contributed by atoms with Gasteiger partial charge in [0, 0.05) is 36.1 Å². The number of rotatable bonds is 5. The van der Waals surface area contributed by atoms with Gasteiger partial charge in [-0.05, 0) is 56.9 Å². The molecule has 0 radical (unpaired) electrons. The molecule has 5 nitrogen and oxygen atoms in total. The van der Waals surface area contributed by atoms with Crippen molar-refractivity contribution in [2.45, 2.75) is 50.7 Å². The van der Waals surface area contributed by atoms with Crippen LogP contribution in [0.1, 0.15) is 43.1 Å². The average Bonchev–Trinajstić information content (AvgIpc) is 3.28. The average molecular weight is 372 g/mol. The van der Waals surface area contributed by atoms with Crippen molar-refractivity contribution in [1.29, 1.82) is 0 Å². The minimum atomic E-state index is 0.0322. The van der Waals surface area contributed by atoms with E-state index in [1.807, 2.05) is 48.5 Å². The largest absolute Gasteiger partial charge is 0.494 e. The molecule has 3 heterocycles. The molecule has 2 bridgehead atoms. The van der Waals surface area contributed by atoms with Crippen LogP contribution in [0.25, 0.3) is 10.6 Å². The number of amides is 1. The van der Waals surface area contributed by atoms with E-state index < -0.39 is 0 Å². The zero-order chi connectivity index (χ0) is 18.1. The molecule has 2 unspecified atom stereocenters. The van der Waals surface area contributed by atoms with Crippen LogP contribution in [0, 0.1) is 0 Å². The Kier molecular flexibility index (Phi) is 4.96. The first kappa shape index (κ1) is 17.5. The molecule has 0 saturated carbocycles. The van der Waals surface area contributed by atoms with Crippen molar-refractivity contribution >= 4 is 17.2 Å². The van der Waals surface area contributed by atoms with Crippen molar-refractivity contribution in [3.8, 4) is 16.3 Å². The molecule has 4 rings (SSSR count). The first-order chi connectivity index (χ1) is 12.6. The van der Waals surface area contributed by atoms with E-state index >= 15 is 0 Å². The van der Waals surface area contributed by atoms with Gasteiger partial charge in [-0.1, -0.05) is 0 Å². The fourth-order valence-corrected chi connectivity index (χ4v) is 4.85. The van der Waals surface area contributed by atoms with Gasteiger partial charge in [-0.2, -0.15) is 0 Å². The highest BCUT2D eigenvalue weighted by Gasteiger charge is 2.36. The van der Waals surface area contributed by atoms with Gasteiger partial charge in [0.05, 0.1) is 6.61 Å². The molecule has 2 saturated heterocycles. The zero-order valence-electron chi connectivity index (χ0n) is 15.3. The first-order valence-corrected chi connectivity index (χ1v) is 10.2. The van der Waals surface area contributed by atoms with E-state index in [1.54, 1.807) is 0 Å². The molecule has 1 amide bonds. The normalized spacial score (nSPS) is 24.5. The van der Waals surface area contributed by atoms with E-state index in [1.165, 1.54) is 24.2 Å². The minimum Gasteiger partial charge on any atom is -0.494 e. The minimum absolute atomic E-state index is 0.0322. The third-order valence-electron chi connectivity index (χ3n) is 5.45. The summed E-state index contributed by atoms with van der Waals surface area (Å²) >= 11 is 1.52. The highest BCUT2D eigenvalue weighted by Crippen LogP contribution is 2.31. The summed E-state index contributed by atoms with van der Waals surface area (Å²) < 4.78 is 5.48. The van der Waals surface area contributed by atoms with Gasteiger partial charge in [0.1, 0.15) is 16.5 Å². The van der Waals surface area contributed by atoms with Gasteiger partial charge >= 0.3 is 0 Å². The van der Waals surface area contributed by atoms with Crippen molar-refractivity contribution in [3.05, 3.63) is 35.3 Å². The number of hydrogen-bond acceptors (Lipinski definition) is 5. The number of nitrogens with one attached hydrogen (secondary N) is 1. The number of piperidine rings is 1. The van der Waals surface area contributed by atoms with Crippen LogP contribution in [-0.2, 0) is 0 Å². The summed E-state index contributed by atoms with van der Waals surface area (Å²) in [4.78, 5) is 19.4. The van der Waals surface area contributed by atoms with E-state index in [2.05, 4.69) is 10.3 Å². The number of aromatic nitrogens is 1. The lowest BCUT2D eigenvalue weighted by Gasteiger charge is -2.35. The number of carbonyl (C=O) groups excluding carboxylic acids is 1. The van der Waals surface area contributed by atoms with E-state index in [-0.39, 0.29) is 5.91 Å². The molecule has 2 aliphatic rings. The highest BCUT2D eigenvalue weighted by atomic mass is 32.1. The highest BCUT2D eigenvalue weighted by molar-refractivity contribution is 7.13. The second kappa shape index (κ2) is 7.37. The Morgan fingerprint density at radius 3 is 2.62 bits per heavy atom. The molecule has 2 atom stereocenters.